The Labute approximate surface area is 312 Å². The Kier molecular flexibility index (Phi) is 13.9. The molecule has 278 valence electrons. The van der Waals surface area contributed by atoms with Gasteiger partial charge in [0.15, 0.2) is 0 Å². The fourth-order valence-corrected chi connectivity index (χ4v) is 6.86. The molecule has 1 saturated heterocycles. The number of esters is 1. The van der Waals surface area contributed by atoms with Gasteiger partial charge >= 0.3 is 5.97 Å². The largest absolute Gasteiger partial charge is 0.508 e. The van der Waals surface area contributed by atoms with E-state index >= 15 is 0 Å². The highest BCUT2D eigenvalue weighted by molar-refractivity contribution is 5.89. The van der Waals surface area contributed by atoms with E-state index in [4.69, 9.17) is 28.4 Å². The third-order valence-electron chi connectivity index (χ3n) is 9.69. The molecule has 1 fully saturated rings. The van der Waals surface area contributed by atoms with Gasteiger partial charge in [-0.25, -0.2) is 0 Å². The summed E-state index contributed by atoms with van der Waals surface area (Å²) in [6.07, 6.45) is 1.19. The standard InChI is InChI=1S/C45H50O8/c1-32-42(50-29-33-16-8-5-9-17-33)44(51-30-34-18-10-6-11-19-34)45(52-31-35-20-12-7-13-21-35)43(53-32)41-38-28-37(25-23-36(38)24-26-39(41)46)49-27-15-4-3-14-22-40(47)48-2/h5-13,16-21,23-26,28,32,42-46H,3-4,14-15,22,27,29-31H2,1-2H3/t32-,42+,43+,44+,45+/m0/s1. The van der Waals surface area contributed by atoms with Crippen LogP contribution in [0.15, 0.2) is 121 Å². The number of hydrogen-bond donors (Lipinski definition) is 1. The average Bonchev–Trinajstić information content (AvgIpc) is 3.19. The zero-order chi connectivity index (χ0) is 36.8. The van der Waals surface area contributed by atoms with Crippen molar-refractivity contribution in [3.63, 3.8) is 0 Å². The number of ether oxygens (including phenoxy) is 6. The molecule has 1 aliphatic heterocycles. The molecule has 0 amide bonds. The topological polar surface area (TPSA) is 92.7 Å². The van der Waals surface area contributed by atoms with Crippen LogP contribution in [0.4, 0.5) is 0 Å². The van der Waals surface area contributed by atoms with Crippen LogP contribution in [0.1, 0.15) is 67.4 Å². The molecule has 1 aliphatic rings. The number of unbranched alkanes of at least 4 members (excludes halogenated alkanes) is 3. The third-order valence-corrected chi connectivity index (χ3v) is 9.69. The Hall–Kier alpha value is -4.73. The van der Waals surface area contributed by atoms with Crippen molar-refractivity contribution in [3.05, 3.63) is 144 Å². The smallest absolute Gasteiger partial charge is 0.305 e. The van der Waals surface area contributed by atoms with Crippen LogP contribution in [0.25, 0.3) is 10.8 Å². The SMILES string of the molecule is COC(=O)CCCCCCOc1ccc2ccc(O)c([C@H]3O[C@@H](C)[C@@H](OCc4ccccc4)[C@@H](OCc4ccccc4)[C@@H]3OCc3ccccc3)c2c1. The molecule has 0 aromatic heterocycles. The molecule has 5 atom stereocenters. The highest BCUT2D eigenvalue weighted by Crippen LogP contribution is 2.44. The minimum atomic E-state index is -0.695. The van der Waals surface area contributed by atoms with E-state index in [0.29, 0.717) is 44.2 Å². The summed E-state index contributed by atoms with van der Waals surface area (Å²) >= 11 is 0. The van der Waals surface area contributed by atoms with Crippen molar-refractivity contribution in [2.45, 2.75) is 89.4 Å². The molecule has 0 aliphatic carbocycles. The molecule has 0 spiro atoms. The minimum absolute atomic E-state index is 0.108. The maximum Gasteiger partial charge on any atom is 0.305 e. The number of fused-ring (bicyclic) bond motifs is 1. The summed E-state index contributed by atoms with van der Waals surface area (Å²) in [4.78, 5) is 11.4. The van der Waals surface area contributed by atoms with E-state index < -0.39 is 30.5 Å². The van der Waals surface area contributed by atoms with Crippen molar-refractivity contribution in [1.29, 1.82) is 0 Å². The van der Waals surface area contributed by atoms with Crippen molar-refractivity contribution in [3.8, 4) is 11.5 Å². The molecule has 5 aromatic rings. The summed E-state index contributed by atoms with van der Waals surface area (Å²) in [5, 5.41) is 13.4. The number of rotatable bonds is 18. The molecule has 5 aromatic carbocycles. The number of benzene rings is 5. The highest BCUT2D eigenvalue weighted by atomic mass is 16.6. The van der Waals surface area contributed by atoms with E-state index in [1.54, 1.807) is 6.07 Å². The van der Waals surface area contributed by atoms with Crippen LogP contribution in [-0.4, -0.2) is 49.2 Å². The van der Waals surface area contributed by atoms with Gasteiger partial charge in [-0.15, -0.1) is 0 Å². The van der Waals surface area contributed by atoms with Crippen molar-refractivity contribution in [1.82, 2.24) is 0 Å². The van der Waals surface area contributed by atoms with Crippen molar-refractivity contribution in [2.24, 2.45) is 0 Å². The lowest BCUT2D eigenvalue weighted by Gasteiger charge is -2.46. The van der Waals surface area contributed by atoms with Crippen LogP contribution < -0.4 is 4.74 Å². The first-order chi connectivity index (χ1) is 26.0. The van der Waals surface area contributed by atoms with Gasteiger partial charge in [-0.1, -0.05) is 116 Å². The first kappa shape index (κ1) is 38.0. The van der Waals surface area contributed by atoms with Crippen LogP contribution >= 0.6 is 0 Å². The zero-order valence-electron chi connectivity index (χ0n) is 30.6. The molecule has 0 saturated carbocycles. The predicted molar refractivity (Wildman–Crippen MR) is 205 cm³/mol. The number of carbonyl (C=O) groups excluding carboxylic acids is 1. The van der Waals surface area contributed by atoms with E-state index in [-0.39, 0.29) is 11.7 Å². The maximum absolute atomic E-state index is 11.6. The second kappa shape index (κ2) is 19.4. The summed E-state index contributed by atoms with van der Waals surface area (Å²) in [5.74, 6) is 0.631. The molecule has 8 nitrogen and oxygen atoms in total. The fourth-order valence-electron chi connectivity index (χ4n) is 6.86. The van der Waals surface area contributed by atoms with Crippen LogP contribution in [0, 0.1) is 0 Å². The fraction of sp³-hybridized carbons (Fsp3) is 0.356. The molecular formula is C45H50O8. The lowest BCUT2D eigenvalue weighted by molar-refractivity contribution is -0.263. The summed E-state index contributed by atoms with van der Waals surface area (Å²) in [5.41, 5.74) is 3.71. The third kappa shape index (κ3) is 10.5. The van der Waals surface area contributed by atoms with Gasteiger partial charge < -0.3 is 33.5 Å². The van der Waals surface area contributed by atoms with E-state index in [9.17, 15) is 9.90 Å². The van der Waals surface area contributed by atoms with Gasteiger partial charge in [0.2, 0.25) is 0 Å². The van der Waals surface area contributed by atoms with E-state index in [0.717, 1.165) is 53.1 Å². The molecule has 1 N–H and O–H groups in total. The van der Waals surface area contributed by atoms with Gasteiger partial charge in [-0.05, 0) is 65.4 Å². The quantitative estimate of drug-likeness (QED) is 0.0708. The minimum Gasteiger partial charge on any atom is -0.508 e. The predicted octanol–water partition coefficient (Wildman–Crippen LogP) is 9.26. The monoisotopic (exact) mass is 718 g/mol. The van der Waals surface area contributed by atoms with Crippen LogP contribution in [-0.2, 0) is 48.3 Å². The summed E-state index contributed by atoms with van der Waals surface area (Å²) in [7, 11) is 1.42. The van der Waals surface area contributed by atoms with E-state index in [1.807, 2.05) is 122 Å². The Balaban J connectivity index is 1.30. The van der Waals surface area contributed by atoms with Gasteiger partial charge in [0.05, 0.1) is 39.6 Å². The molecule has 0 bridgehead atoms. The summed E-state index contributed by atoms with van der Waals surface area (Å²) in [6.45, 7) is 3.58. The number of methoxy groups -OCH3 is 1. The van der Waals surface area contributed by atoms with Crippen LogP contribution in [0.5, 0.6) is 11.5 Å². The molecule has 1 heterocycles. The Morgan fingerprint density at radius 1 is 0.660 bits per heavy atom. The number of carbonyl (C=O) groups is 1. The first-order valence-electron chi connectivity index (χ1n) is 18.6. The average molecular weight is 719 g/mol. The van der Waals surface area contributed by atoms with Crippen LogP contribution in [0.2, 0.25) is 0 Å². The molecule has 53 heavy (non-hydrogen) atoms. The van der Waals surface area contributed by atoms with Gasteiger partial charge in [0, 0.05) is 12.0 Å². The summed E-state index contributed by atoms with van der Waals surface area (Å²) in [6, 6.07) is 39.7. The van der Waals surface area contributed by atoms with Gasteiger partial charge in [-0.2, -0.15) is 0 Å². The number of phenols is 1. The molecule has 6 rings (SSSR count). The Morgan fingerprint density at radius 2 is 1.21 bits per heavy atom. The second-order valence-corrected chi connectivity index (χ2v) is 13.5. The normalized spacial score (nSPS) is 19.9. The summed E-state index contributed by atoms with van der Waals surface area (Å²) < 4.78 is 38.1. The van der Waals surface area contributed by atoms with Crippen molar-refractivity contribution >= 4 is 16.7 Å². The lowest BCUT2D eigenvalue weighted by atomic mass is 9.88. The molecule has 0 unspecified atom stereocenters. The number of aromatic hydroxyl groups is 1. The molecule has 0 radical (unpaired) electrons. The zero-order valence-corrected chi connectivity index (χ0v) is 30.6. The Morgan fingerprint density at radius 3 is 1.81 bits per heavy atom. The second-order valence-electron chi connectivity index (χ2n) is 13.5. The van der Waals surface area contributed by atoms with Gasteiger partial charge in [-0.3, -0.25) is 4.79 Å². The number of hydrogen-bond acceptors (Lipinski definition) is 8. The van der Waals surface area contributed by atoms with Gasteiger partial charge in [0.25, 0.3) is 0 Å². The lowest BCUT2D eigenvalue weighted by Crippen LogP contribution is -2.56. The number of phenolic OH excluding ortho intramolecular Hbond substituents is 1. The first-order valence-corrected chi connectivity index (χ1v) is 18.6. The van der Waals surface area contributed by atoms with Gasteiger partial charge in [0.1, 0.15) is 35.9 Å². The molecular weight excluding hydrogens is 668 g/mol. The Bertz CT molecular complexity index is 1850. The van der Waals surface area contributed by atoms with Crippen LogP contribution in [0.3, 0.4) is 0 Å². The van der Waals surface area contributed by atoms with E-state index in [2.05, 4.69) is 0 Å². The highest BCUT2D eigenvalue weighted by Gasteiger charge is 2.48. The molecule has 8 heteroatoms. The van der Waals surface area contributed by atoms with Crippen molar-refractivity contribution in [2.75, 3.05) is 13.7 Å². The maximum atomic E-state index is 11.6. The van der Waals surface area contributed by atoms with Crippen molar-refractivity contribution < 1.29 is 38.3 Å². The van der Waals surface area contributed by atoms with E-state index in [1.165, 1.54) is 7.11 Å².